The van der Waals surface area contributed by atoms with Gasteiger partial charge in [-0.05, 0) is 37.6 Å². The van der Waals surface area contributed by atoms with Crippen LogP contribution in [0.2, 0.25) is 5.02 Å². The SMILES string of the molecule is Clc1cccc(-n2cncc2C2CCCN2)c1. The molecule has 3 nitrogen and oxygen atoms in total. The molecular weight excluding hydrogens is 234 g/mol. The van der Waals surface area contributed by atoms with Crippen LogP contribution in [0.25, 0.3) is 5.69 Å². The van der Waals surface area contributed by atoms with Crippen LogP contribution in [0.1, 0.15) is 24.6 Å². The third kappa shape index (κ3) is 2.08. The summed E-state index contributed by atoms with van der Waals surface area (Å²) >= 11 is 6.02. The second-order valence-electron chi connectivity index (χ2n) is 4.32. The Hall–Kier alpha value is -1.32. The van der Waals surface area contributed by atoms with E-state index < -0.39 is 0 Å². The van der Waals surface area contributed by atoms with E-state index in [4.69, 9.17) is 11.6 Å². The van der Waals surface area contributed by atoms with Crippen LogP contribution in [-0.2, 0) is 0 Å². The Bertz CT molecular complexity index is 515. The van der Waals surface area contributed by atoms with Crippen LogP contribution in [0.3, 0.4) is 0 Å². The lowest BCUT2D eigenvalue weighted by molar-refractivity contribution is 0.615. The molecule has 2 heterocycles. The van der Waals surface area contributed by atoms with Gasteiger partial charge in [-0.2, -0.15) is 0 Å². The van der Waals surface area contributed by atoms with Gasteiger partial charge in [-0.15, -0.1) is 0 Å². The van der Waals surface area contributed by atoms with Crippen molar-refractivity contribution < 1.29 is 0 Å². The van der Waals surface area contributed by atoms with E-state index in [1.54, 1.807) is 0 Å². The van der Waals surface area contributed by atoms with Crippen LogP contribution in [0.5, 0.6) is 0 Å². The second kappa shape index (κ2) is 4.51. The summed E-state index contributed by atoms with van der Waals surface area (Å²) in [5.41, 5.74) is 2.28. The number of nitrogens with zero attached hydrogens (tertiary/aromatic N) is 2. The highest BCUT2D eigenvalue weighted by Gasteiger charge is 2.20. The molecule has 4 heteroatoms. The van der Waals surface area contributed by atoms with Crippen molar-refractivity contribution in [2.75, 3.05) is 6.54 Å². The monoisotopic (exact) mass is 247 g/mol. The predicted molar refractivity (Wildman–Crippen MR) is 68.6 cm³/mol. The number of hydrogen-bond donors (Lipinski definition) is 1. The van der Waals surface area contributed by atoms with Crippen molar-refractivity contribution in [2.24, 2.45) is 0 Å². The highest BCUT2D eigenvalue weighted by Crippen LogP contribution is 2.25. The maximum atomic E-state index is 6.02. The Kier molecular flexibility index (Phi) is 2.87. The van der Waals surface area contributed by atoms with Gasteiger partial charge in [0.05, 0.1) is 18.2 Å². The Morgan fingerprint density at radius 1 is 1.41 bits per heavy atom. The summed E-state index contributed by atoms with van der Waals surface area (Å²) in [5.74, 6) is 0. The quantitative estimate of drug-likeness (QED) is 0.884. The predicted octanol–water partition coefficient (Wildman–Crippen LogP) is 2.95. The average molecular weight is 248 g/mol. The molecule has 3 rings (SSSR count). The number of nitrogens with one attached hydrogen (secondary N) is 1. The van der Waals surface area contributed by atoms with Crippen LogP contribution in [0, 0.1) is 0 Å². The van der Waals surface area contributed by atoms with Crippen molar-refractivity contribution in [1.82, 2.24) is 14.9 Å². The van der Waals surface area contributed by atoms with E-state index >= 15 is 0 Å². The molecule has 0 amide bonds. The van der Waals surface area contributed by atoms with Crippen molar-refractivity contribution in [1.29, 1.82) is 0 Å². The molecule has 0 bridgehead atoms. The van der Waals surface area contributed by atoms with Crippen LogP contribution in [0.15, 0.2) is 36.8 Å². The van der Waals surface area contributed by atoms with Gasteiger partial charge in [0.25, 0.3) is 0 Å². The highest BCUT2D eigenvalue weighted by atomic mass is 35.5. The molecule has 1 aliphatic heterocycles. The molecule has 1 unspecified atom stereocenters. The summed E-state index contributed by atoms with van der Waals surface area (Å²) in [7, 11) is 0. The lowest BCUT2D eigenvalue weighted by Crippen LogP contribution is -2.16. The molecule has 1 aliphatic rings. The molecule has 0 saturated carbocycles. The molecule has 0 spiro atoms. The molecule has 1 saturated heterocycles. The van der Waals surface area contributed by atoms with Gasteiger partial charge in [-0.3, -0.25) is 0 Å². The third-order valence-corrected chi connectivity index (χ3v) is 3.41. The maximum Gasteiger partial charge on any atom is 0.0994 e. The number of aromatic nitrogens is 2. The largest absolute Gasteiger partial charge is 0.309 e. The van der Waals surface area contributed by atoms with E-state index in [1.807, 2.05) is 36.8 Å². The zero-order valence-electron chi connectivity index (χ0n) is 9.44. The molecule has 88 valence electrons. The lowest BCUT2D eigenvalue weighted by Gasteiger charge is -2.14. The minimum atomic E-state index is 0.413. The number of imidazole rings is 1. The molecular formula is C13H14ClN3. The highest BCUT2D eigenvalue weighted by molar-refractivity contribution is 6.30. The summed E-state index contributed by atoms with van der Waals surface area (Å²) in [5, 5.41) is 4.24. The van der Waals surface area contributed by atoms with Gasteiger partial charge in [-0.25, -0.2) is 4.98 Å². The zero-order chi connectivity index (χ0) is 11.7. The number of halogens is 1. The van der Waals surface area contributed by atoms with Gasteiger partial charge >= 0.3 is 0 Å². The minimum absolute atomic E-state index is 0.413. The van der Waals surface area contributed by atoms with Crippen molar-refractivity contribution in [3.63, 3.8) is 0 Å². The maximum absolute atomic E-state index is 6.02. The Balaban J connectivity index is 2.00. The molecule has 1 atom stereocenters. The fourth-order valence-corrected chi connectivity index (χ4v) is 2.53. The molecule has 0 radical (unpaired) electrons. The van der Waals surface area contributed by atoms with Gasteiger partial charge in [0, 0.05) is 16.8 Å². The lowest BCUT2D eigenvalue weighted by atomic mass is 10.1. The van der Waals surface area contributed by atoms with Gasteiger partial charge in [-0.1, -0.05) is 17.7 Å². The second-order valence-corrected chi connectivity index (χ2v) is 4.75. The fraction of sp³-hybridized carbons (Fsp3) is 0.308. The zero-order valence-corrected chi connectivity index (χ0v) is 10.2. The normalized spacial score (nSPS) is 19.7. The van der Waals surface area contributed by atoms with Crippen LogP contribution < -0.4 is 5.32 Å². The smallest absolute Gasteiger partial charge is 0.0994 e. The molecule has 1 N–H and O–H groups in total. The van der Waals surface area contributed by atoms with Crippen molar-refractivity contribution in [2.45, 2.75) is 18.9 Å². The van der Waals surface area contributed by atoms with Gasteiger partial charge < -0.3 is 9.88 Å². The van der Waals surface area contributed by atoms with Crippen LogP contribution in [-0.4, -0.2) is 16.1 Å². The summed E-state index contributed by atoms with van der Waals surface area (Å²) < 4.78 is 2.11. The van der Waals surface area contributed by atoms with E-state index in [2.05, 4.69) is 14.9 Å². The molecule has 17 heavy (non-hydrogen) atoms. The number of hydrogen-bond acceptors (Lipinski definition) is 2. The van der Waals surface area contributed by atoms with Gasteiger partial charge in [0.15, 0.2) is 0 Å². The van der Waals surface area contributed by atoms with Crippen molar-refractivity contribution in [3.05, 3.63) is 47.5 Å². The molecule has 1 fully saturated rings. The first kappa shape index (κ1) is 10.8. The Morgan fingerprint density at radius 3 is 3.12 bits per heavy atom. The van der Waals surface area contributed by atoms with Crippen molar-refractivity contribution >= 4 is 11.6 Å². The van der Waals surface area contributed by atoms with E-state index in [0.717, 1.165) is 17.3 Å². The topological polar surface area (TPSA) is 29.9 Å². The number of rotatable bonds is 2. The molecule has 2 aromatic rings. The third-order valence-electron chi connectivity index (χ3n) is 3.17. The van der Waals surface area contributed by atoms with Gasteiger partial charge in [0.1, 0.15) is 0 Å². The minimum Gasteiger partial charge on any atom is -0.309 e. The molecule has 0 aliphatic carbocycles. The Labute approximate surface area is 105 Å². The van der Waals surface area contributed by atoms with E-state index in [9.17, 15) is 0 Å². The summed E-state index contributed by atoms with van der Waals surface area (Å²) in [4.78, 5) is 4.25. The van der Waals surface area contributed by atoms with Crippen LogP contribution in [0.4, 0.5) is 0 Å². The molecule has 1 aromatic heterocycles. The first-order valence-electron chi connectivity index (χ1n) is 5.86. The summed E-state index contributed by atoms with van der Waals surface area (Å²) in [6.07, 6.45) is 6.18. The van der Waals surface area contributed by atoms with E-state index in [0.29, 0.717) is 6.04 Å². The summed E-state index contributed by atoms with van der Waals surface area (Å²) in [6.45, 7) is 1.09. The fourth-order valence-electron chi connectivity index (χ4n) is 2.34. The van der Waals surface area contributed by atoms with Gasteiger partial charge in [0.2, 0.25) is 0 Å². The van der Waals surface area contributed by atoms with E-state index in [1.165, 1.54) is 18.5 Å². The first-order valence-corrected chi connectivity index (χ1v) is 6.24. The summed E-state index contributed by atoms with van der Waals surface area (Å²) in [6, 6.07) is 8.27. The number of benzene rings is 1. The molecule has 1 aromatic carbocycles. The van der Waals surface area contributed by atoms with E-state index in [-0.39, 0.29) is 0 Å². The van der Waals surface area contributed by atoms with Crippen LogP contribution >= 0.6 is 11.6 Å². The Morgan fingerprint density at radius 2 is 2.35 bits per heavy atom. The van der Waals surface area contributed by atoms with Crippen molar-refractivity contribution in [3.8, 4) is 5.69 Å². The standard InChI is InChI=1S/C13H14ClN3/c14-10-3-1-4-11(7-10)17-9-15-8-13(17)12-5-2-6-16-12/h1,3-4,7-9,12,16H,2,5-6H2. The average Bonchev–Trinajstić information content (AvgIpc) is 3.00. The first-order chi connectivity index (χ1) is 8.34.